The molecule has 21 heavy (non-hydrogen) atoms. The van der Waals surface area contributed by atoms with Crippen molar-refractivity contribution < 1.29 is 9.47 Å². The molecule has 1 saturated carbocycles. The fourth-order valence-corrected chi connectivity index (χ4v) is 3.34. The summed E-state index contributed by atoms with van der Waals surface area (Å²) < 4.78 is 10.9. The molecule has 0 spiro atoms. The third kappa shape index (κ3) is 3.76. The molecule has 1 aliphatic carbocycles. The van der Waals surface area contributed by atoms with Gasteiger partial charge in [-0.05, 0) is 37.0 Å². The van der Waals surface area contributed by atoms with Crippen LogP contribution < -0.4 is 10.2 Å². The number of hydrogen-bond donors (Lipinski definition) is 1. The predicted octanol–water partition coefficient (Wildman–Crippen LogP) is 2.18. The van der Waals surface area contributed by atoms with Crippen LogP contribution in [0.15, 0.2) is 24.3 Å². The van der Waals surface area contributed by atoms with E-state index < -0.39 is 0 Å². The zero-order valence-electron chi connectivity index (χ0n) is 12.9. The predicted molar refractivity (Wildman–Crippen MR) is 84.7 cm³/mol. The zero-order valence-corrected chi connectivity index (χ0v) is 12.9. The van der Waals surface area contributed by atoms with Crippen molar-refractivity contribution in [2.75, 3.05) is 38.3 Å². The molecule has 4 heteroatoms. The topological polar surface area (TPSA) is 33.7 Å². The van der Waals surface area contributed by atoms with Crippen LogP contribution in [0.2, 0.25) is 0 Å². The minimum atomic E-state index is 0.387. The summed E-state index contributed by atoms with van der Waals surface area (Å²) in [6, 6.07) is 9.42. The average Bonchev–Trinajstić information content (AvgIpc) is 3.02. The highest BCUT2D eigenvalue weighted by atomic mass is 16.5. The molecule has 2 atom stereocenters. The van der Waals surface area contributed by atoms with Gasteiger partial charge < -0.3 is 19.7 Å². The number of methoxy groups -OCH3 is 1. The van der Waals surface area contributed by atoms with Gasteiger partial charge in [-0.1, -0.05) is 12.1 Å². The molecule has 3 rings (SSSR count). The highest BCUT2D eigenvalue weighted by Crippen LogP contribution is 2.22. The number of rotatable bonds is 5. The lowest BCUT2D eigenvalue weighted by Gasteiger charge is -2.29. The van der Waals surface area contributed by atoms with Crippen LogP contribution in [0.5, 0.6) is 0 Å². The van der Waals surface area contributed by atoms with E-state index in [0.717, 1.165) is 32.8 Å². The molecule has 1 aromatic rings. The van der Waals surface area contributed by atoms with Crippen LogP contribution in [0.4, 0.5) is 5.69 Å². The molecule has 1 N–H and O–H groups in total. The van der Waals surface area contributed by atoms with Crippen molar-refractivity contribution >= 4 is 5.69 Å². The molecule has 1 aromatic carbocycles. The summed E-state index contributed by atoms with van der Waals surface area (Å²) in [7, 11) is 1.82. The van der Waals surface area contributed by atoms with Gasteiger partial charge in [0.1, 0.15) is 0 Å². The first kappa shape index (κ1) is 14.8. The highest BCUT2D eigenvalue weighted by Gasteiger charge is 2.26. The first-order chi connectivity index (χ1) is 10.4. The van der Waals surface area contributed by atoms with E-state index >= 15 is 0 Å². The van der Waals surface area contributed by atoms with Gasteiger partial charge in [0.25, 0.3) is 0 Å². The van der Waals surface area contributed by atoms with Crippen LogP contribution >= 0.6 is 0 Å². The minimum absolute atomic E-state index is 0.387. The van der Waals surface area contributed by atoms with Gasteiger partial charge in [0.2, 0.25) is 0 Å². The van der Waals surface area contributed by atoms with Crippen molar-refractivity contribution in [3.05, 3.63) is 29.8 Å². The maximum Gasteiger partial charge on any atom is 0.0724 e. The Morgan fingerprint density at radius 1 is 1.19 bits per heavy atom. The third-order valence-electron chi connectivity index (χ3n) is 4.64. The van der Waals surface area contributed by atoms with E-state index in [9.17, 15) is 0 Å². The molecule has 2 fully saturated rings. The number of anilines is 1. The number of hydrogen-bond acceptors (Lipinski definition) is 4. The van der Waals surface area contributed by atoms with Crippen molar-refractivity contribution in [3.63, 3.8) is 0 Å². The van der Waals surface area contributed by atoms with Crippen LogP contribution in [0.25, 0.3) is 0 Å². The van der Waals surface area contributed by atoms with Crippen molar-refractivity contribution in [3.8, 4) is 0 Å². The minimum Gasteiger partial charge on any atom is -0.380 e. The van der Waals surface area contributed by atoms with E-state index in [1.807, 2.05) is 7.11 Å². The molecular formula is C17H26N2O2. The smallest absolute Gasteiger partial charge is 0.0724 e. The van der Waals surface area contributed by atoms with Crippen LogP contribution in [0, 0.1) is 0 Å². The highest BCUT2D eigenvalue weighted by molar-refractivity contribution is 5.47. The second-order valence-corrected chi connectivity index (χ2v) is 5.96. The maximum absolute atomic E-state index is 5.53. The summed E-state index contributed by atoms with van der Waals surface area (Å²) in [4.78, 5) is 2.39. The van der Waals surface area contributed by atoms with Gasteiger partial charge >= 0.3 is 0 Å². The average molecular weight is 290 g/mol. The lowest BCUT2D eigenvalue weighted by atomic mass is 10.1. The molecule has 1 heterocycles. The Morgan fingerprint density at radius 2 is 1.95 bits per heavy atom. The first-order valence-electron chi connectivity index (χ1n) is 8.04. The Morgan fingerprint density at radius 3 is 2.67 bits per heavy atom. The van der Waals surface area contributed by atoms with Crippen LogP contribution in [-0.4, -0.2) is 45.6 Å². The van der Waals surface area contributed by atoms with Crippen molar-refractivity contribution in [1.29, 1.82) is 0 Å². The molecule has 2 aliphatic rings. The zero-order chi connectivity index (χ0) is 14.5. The second-order valence-electron chi connectivity index (χ2n) is 5.96. The molecule has 2 unspecified atom stereocenters. The Kier molecular flexibility index (Phi) is 5.12. The molecule has 1 saturated heterocycles. The third-order valence-corrected chi connectivity index (χ3v) is 4.64. The lowest BCUT2D eigenvalue weighted by Crippen LogP contribution is -2.36. The Bertz CT molecular complexity index is 429. The van der Waals surface area contributed by atoms with Crippen LogP contribution in [0.3, 0.4) is 0 Å². The number of benzene rings is 1. The molecule has 0 amide bonds. The number of morpholine rings is 1. The Hall–Kier alpha value is -1.10. The molecule has 4 nitrogen and oxygen atoms in total. The standard InChI is InChI=1S/C17H26N2O2/c1-20-17-4-2-3-16(17)18-13-14-5-7-15(8-6-14)19-9-11-21-12-10-19/h5-8,16-18H,2-4,9-13H2,1H3. The number of nitrogens with one attached hydrogen (secondary N) is 1. The monoisotopic (exact) mass is 290 g/mol. The quantitative estimate of drug-likeness (QED) is 0.901. The molecule has 0 aromatic heterocycles. The molecule has 0 bridgehead atoms. The van der Waals surface area contributed by atoms with E-state index in [2.05, 4.69) is 34.5 Å². The van der Waals surface area contributed by atoms with E-state index in [-0.39, 0.29) is 0 Å². The lowest BCUT2D eigenvalue weighted by molar-refractivity contribution is 0.0847. The van der Waals surface area contributed by atoms with E-state index in [4.69, 9.17) is 9.47 Å². The molecular weight excluding hydrogens is 264 g/mol. The van der Waals surface area contributed by atoms with E-state index in [1.54, 1.807) is 0 Å². The number of ether oxygens (including phenoxy) is 2. The maximum atomic E-state index is 5.53. The Balaban J connectivity index is 1.52. The second kappa shape index (κ2) is 7.25. The summed E-state index contributed by atoms with van der Waals surface area (Å²) in [5.74, 6) is 0. The summed E-state index contributed by atoms with van der Waals surface area (Å²) in [6.45, 7) is 4.59. The molecule has 0 radical (unpaired) electrons. The molecule has 116 valence electrons. The molecule has 1 aliphatic heterocycles. The van der Waals surface area contributed by atoms with Gasteiger partial charge in [0.05, 0.1) is 19.3 Å². The SMILES string of the molecule is COC1CCCC1NCc1ccc(N2CCOCC2)cc1. The Labute approximate surface area is 127 Å². The number of nitrogens with zero attached hydrogens (tertiary/aromatic N) is 1. The van der Waals surface area contributed by atoms with Gasteiger partial charge in [-0.3, -0.25) is 0 Å². The summed E-state index contributed by atoms with van der Waals surface area (Å²) in [5, 5.41) is 3.64. The van der Waals surface area contributed by atoms with Crippen molar-refractivity contribution in [2.45, 2.75) is 38.0 Å². The summed E-state index contributed by atoms with van der Waals surface area (Å²) in [5.41, 5.74) is 2.64. The largest absolute Gasteiger partial charge is 0.380 e. The van der Waals surface area contributed by atoms with E-state index in [0.29, 0.717) is 12.1 Å². The van der Waals surface area contributed by atoms with Gasteiger partial charge in [0, 0.05) is 38.5 Å². The van der Waals surface area contributed by atoms with Crippen molar-refractivity contribution in [2.24, 2.45) is 0 Å². The van der Waals surface area contributed by atoms with Gasteiger partial charge in [0.15, 0.2) is 0 Å². The van der Waals surface area contributed by atoms with Gasteiger partial charge in [-0.15, -0.1) is 0 Å². The first-order valence-corrected chi connectivity index (χ1v) is 8.04. The normalized spacial score (nSPS) is 26.2. The fraction of sp³-hybridized carbons (Fsp3) is 0.647. The fourth-order valence-electron chi connectivity index (χ4n) is 3.34. The van der Waals surface area contributed by atoms with Crippen molar-refractivity contribution in [1.82, 2.24) is 5.32 Å². The van der Waals surface area contributed by atoms with E-state index in [1.165, 1.54) is 30.5 Å². The summed E-state index contributed by atoms with van der Waals surface area (Å²) in [6.07, 6.45) is 4.07. The van der Waals surface area contributed by atoms with Gasteiger partial charge in [-0.2, -0.15) is 0 Å². The van der Waals surface area contributed by atoms with Crippen LogP contribution in [0.1, 0.15) is 24.8 Å². The van der Waals surface area contributed by atoms with Gasteiger partial charge in [-0.25, -0.2) is 0 Å². The van der Waals surface area contributed by atoms with Crippen LogP contribution in [-0.2, 0) is 16.0 Å². The summed E-state index contributed by atoms with van der Waals surface area (Å²) >= 11 is 0.